The van der Waals surface area contributed by atoms with Crippen molar-refractivity contribution >= 4 is 43.7 Å². The van der Waals surface area contributed by atoms with E-state index in [9.17, 15) is 0 Å². The second-order valence-electron chi connectivity index (χ2n) is 10.7. The lowest BCUT2D eigenvalue weighted by molar-refractivity contribution is 0.669. The molecule has 0 fully saturated rings. The number of fused-ring (bicyclic) bond motifs is 6. The number of hydrogen-bond donors (Lipinski definition) is 0. The van der Waals surface area contributed by atoms with E-state index in [1.54, 1.807) is 24.3 Å². The fourth-order valence-corrected chi connectivity index (χ4v) is 6.13. The molecule has 2 heterocycles. The Morgan fingerprint density at radius 3 is 1.64 bits per heavy atom. The Bertz CT molecular complexity index is 2890. The van der Waals surface area contributed by atoms with E-state index >= 15 is 0 Å². The van der Waals surface area contributed by atoms with Gasteiger partial charge in [0.2, 0.25) is 0 Å². The Balaban J connectivity index is 1.30. The molecular formula is C42H27NO. The molecule has 0 bridgehead atoms. The van der Waals surface area contributed by atoms with Gasteiger partial charge in [0.15, 0.2) is 0 Å². The van der Waals surface area contributed by atoms with Gasteiger partial charge in [-0.1, -0.05) is 109 Å². The minimum atomic E-state index is -0.477. The molecule has 0 aliphatic carbocycles. The van der Waals surface area contributed by atoms with Gasteiger partial charge in [-0.15, -0.1) is 0 Å². The first kappa shape index (κ1) is 16.7. The second kappa shape index (κ2) is 9.86. The fraction of sp³-hybridized carbons (Fsp3) is 0. The summed E-state index contributed by atoms with van der Waals surface area (Å²) in [7, 11) is 0. The van der Waals surface area contributed by atoms with Crippen LogP contribution in [0.1, 0.15) is 13.7 Å². The van der Waals surface area contributed by atoms with Gasteiger partial charge in [-0.05, 0) is 88.0 Å². The summed E-state index contributed by atoms with van der Waals surface area (Å²) in [5.41, 5.74) is 6.87. The normalized spacial score (nSPS) is 14.8. The lowest BCUT2D eigenvalue weighted by atomic mass is 10.0. The maximum atomic E-state index is 8.65. The SMILES string of the molecule is [2H]c1c([2H])c([2H])c(-c2ccc3c(c2)c2cc(-c4c([2H])c([2H])c([2H])c([2H])c4[2H])ccc2n3-c2cccc(-c3ccc4oc5ccccc5c4c3)c2)c([2H])c1[2H]. The number of para-hydroxylation sites is 1. The molecule has 7 aromatic carbocycles. The van der Waals surface area contributed by atoms with E-state index in [0.717, 1.165) is 49.8 Å². The van der Waals surface area contributed by atoms with Gasteiger partial charge in [0.25, 0.3) is 0 Å². The largest absolute Gasteiger partial charge is 0.456 e. The van der Waals surface area contributed by atoms with E-state index in [4.69, 9.17) is 18.1 Å². The molecule has 0 saturated carbocycles. The van der Waals surface area contributed by atoms with Crippen LogP contribution in [0.2, 0.25) is 0 Å². The topological polar surface area (TPSA) is 18.1 Å². The van der Waals surface area contributed by atoms with E-state index in [-0.39, 0.29) is 35.3 Å². The van der Waals surface area contributed by atoms with Gasteiger partial charge in [0, 0.05) is 27.2 Å². The summed E-state index contributed by atoms with van der Waals surface area (Å²) in [5, 5.41) is 3.39. The lowest BCUT2D eigenvalue weighted by Crippen LogP contribution is -1.94. The van der Waals surface area contributed by atoms with Crippen LogP contribution in [0.4, 0.5) is 0 Å². The molecule has 44 heavy (non-hydrogen) atoms. The molecule has 0 N–H and O–H groups in total. The number of benzene rings is 7. The van der Waals surface area contributed by atoms with Gasteiger partial charge < -0.3 is 8.98 Å². The Labute approximate surface area is 269 Å². The minimum Gasteiger partial charge on any atom is -0.456 e. The number of furan rings is 1. The first-order valence-electron chi connectivity index (χ1n) is 19.2. The van der Waals surface area contributed by atoms with Gasteiger partial charge in [-0.3, -0.25) is 0 Å². The first-order chi connectivity index (χ1) is 25.9. The highest BCUT2D eigenvalue weighted by atomic mass is 16.3. The lowest BCUT2D eigenvalue weighted by Gasteiger charge is -2.11. The van der Waals surface area contributed by atoms with Crippen molar-refractivity contribution < 1.29 is 18.1 Å². The summed E-state index contributed by atoms with van der Waals surface area (Å²) < 4.78 is 92.0. The maximum Gasteiger partial charge on any atom is 0.135 e. The summed E-state index contributed by atoms with van der Waals surface area (Å²) in [6.45, 7) is 0. The van der Waals surface area contributed by atoms with Crippen LogP contribution in [0.15, 0.2) is 168 Å². The first-order valence-corrected chi connectivity index (χ1v) is 14.2. The summed E-state index contributed by atoms with van der Waals surface area (Å²) in [5.74, 6) is 0. The van der Waals surface area contributed by atoms with Crippen LogP contribution >= 0.6 is 0 Å². The minimum absolute atomic E-state index is 0.0646. The second-order valence-corrected chi connectivity index (χ2v) is 10.7. The highest BCUT2D eigenvalue weighted by Crippen LogP contribution is 2.38. The molecule has 0 saturated heterocycles. The van der Waals surface area contributed by atoms with Crippen molar-refractivity contribution in [2.75, 3.05) is 0 Å². The molecule has 2 heteroatoms. The third-order valence-electron chi connectivity index (χ3n) is 8.16. The van der Waals surface area contributed by atoms with E-state index in [0.29, 0.717) is 21.9 Å². The van der Waals surface area contributed by atoms with Crippen LogP contribution in [-0.4, -0.2) is 4.57 Å². The van der Waals surface area contributed by atoms with Crippen molar-refractivity contribution in [1.29, 1.82) is 0 Å². The third-order valence-corrected chi connectivity index (χ3v) is 8.16. The average molecular weight is 572 g/mol. The molecule has 0 unspecified atom stereocenters. The van der Waals surface area contributed by atoms with Crippen molar-refractivity contribution in [2.24, 2.45) is 0 Å². The van der Waals surface area contributed by atoms with Crippen LogP contribution in [0.25, 0.3) is 82.8 Å². The molecule has 0 aliphatic rings. The molecule has 9 rings (SSSR count). The molecule has 0 spiro atoms. The van der Waals surface area contributed by atoms with Gasteiger partial charge in [0.05, 0.1) is 24.7 Å². The number of hydrogen-bond acceptors (Lipinski definition) is 1. The van der Waals surface area contributed by atoms with E-state index in [2.05, 4.69) is 16.7 Å². The summed E-state index contributed by atoms with van der Waals surface area (Å²) in [4.78, 5) is 0. The van der Waals surface area contributed by atoms with Gasteiger partial charge in [0.1, 0.15) is 11.2 Å². The zero-order valence-electron chi connectivity index (χ0n) is 33.2. The molecular weight excluding hydrogens is 534 g/mol. The molecule has 0 radical (unpaired) electrons. The molecule has 0 aliphatic heterocycles. The predicted molar refractivity (Wildman–Crippen MR) is 184 cm³/mol. The standard InChI is InChI=1S/C42H27NO/c1-3-10-28(11-4-1)31-18-21-39-36(25-31)37-26-32(29-12-5-2-6-13-29)19-22-40(37)43(39)34-15-9-14-30(24-34)33-20-23-42-38(27-33)35-16-7-8-17-41(35)44-42/h1-27H/i1D,2D,3D,4D,5D,6D,10D,11D,12D,13D. The zero-order chi connectivity index (χ0) is 37.7. The van der Waals surface area contributed by atoms with Crippen molar-refractivity contribution in [3.05, 3.63) is 164 Å². The van der Waals surface area contributed by atoms with Crippen molar-refractivity contribution in [2.45, 2.75) is 0 Å². The number of nitrogens with zero attached hydrogens (tertiary/aromatic N) is 1. The summed E-state index contributed by atoms with van der Waals surface area (Å²) >= 11 is 0. The van der Waals surface area contributed by atoms with Crippen LogP contribution in [0.5, 0.6) is 0 Å². The highest BCUT2D eigenvalue weighted by Gasteiger charge is 2.16. The number of rotatable bonds is 4. The van der Waals surface area contributed by atoms with Crippen molar-refractivity contribution in [3.8, 4) is 39.1 Å². The van der Waals surface area contributed by atoms with Gasteiger partial charge >= 0.3 is 0 Å². The van der Waals surface area contributed by atoms with Crippen LogP contribution in [0, 0.1) is 0 Å². The average Bonchev–Trinajstić information content (AvgIpc) is 3.73. The third kappa shape index (κ3) is 3.96. The maximum absolute atomic E-state index is 8.65. The van der Waals surface area contributed by atoms with Crippen molar-refractivity contribution in [3.63, 3.8) is 0 Å². The van der Waals surface area contributed by atoms with Crippen LogP contribution < -0.4 is 0 Å². The van der Waals surface area contributed by atoms with Crippen molar-refractivity contribution in [1.82, 2.24) is 4.57 Å². The van der Waals surface area contributed by atoms with Crippen LogP contribution in [0.3, 0.4) is 0 Å². The molecule has 0 atom stereocenters. The summed E-state index contributed by atoms with van der Waals surface area (Å²) in [6, 6.07) is 28.9. The van der Waals surface area contributed by atoms with E-state index < -0.39 is 36.3 Å². The smallest absolute Gasteiger partial charge is 0.135 e. The molecule has 206 valence electrons. The number of aromatic nitrogens is 1. The summed E-state index contributed by atoms with van der Waals surface area (Å²) in [6.07, 6.45) is 0. The fourth-order valence-electron chi connectivity index (χ4n) is 6.13. The van der Waals surface area contributed by atoms with E-state index in [1.165, 1.54) is 0 Å². The van der Waals surface area contributed by atoms with Gasteiger partial charge in [-0.25, -0.2) is 0 Å². The molecule has 0 amide bonds. The monoisotopic (exact) mass is 571 g/mol. The molecule has 9 aromatic rings. The highest BCUT2D eigenvalue weighted by molar-refractivity contribution is 6.12. The van der Waals surface area contributed by atoms with E-state index in [1.807, 2.05) is 66.7 Å². The predicted octanol–water partition coefficient (Wildman–Crippen LogP) is 11.7. The van der Waals surface area contributed by atoms with Gasteiger partial charge in [-0.2, -0.15) is 0 Å². The van der Waals surface area contributed by atoms with Crippen LogP contribution in [-0.2, 0) is 0 Å². The Morgan fingerprint density at radius 2 is 0.955 bits per heavy atom. The Hall–Kier alpha value is -5.86. The zero-order valence-corrected chi connectivity index (χ0v) is 23.2. The molecule has 2 aromatic heterocycles. The Kier molecular flexibility index (Phi) is 3.74. The molecule has 2 nitrogen and oxygen atoms in total. The quantitative estimate of drug-likeness (QED) is 0.205. The Morgan fingerprint density at radius 1 is 0.409 bits per heavy atom.